The molecule has 1 fully saturated rings. The Morgan fingerprint density at radius 2 is 1.84 bits per heavy atom. The van der Waals surface area contributed by atoms with Crippen LogP contribution in [0.25, 0.3) is 22.4 Å². The lowest BCUT2D eigenvalue weighted by Gasteiger charge is -2.40. The molecule has 3 heterocycles. The molecule has 8 nitrogen and oxygen atoms in total. The van der Waals surface area contributed by atoms with Crippen LogP contribution in [0.5, 0.6) is 0 Å². The van der Waals surface area contributed by atoms with Gasteiger partial charge in [0.15, 0.2) is 0 Å². The van der Waals surface area contributed by atoms with Gasteiger partial charge in [0.1, 0.15) is 12.0 Å². The van der Waals surface area contributed by atoms with Gasteiger partial charge in [0.25, 0.3) is 0 Å². The van der Waals surface area contributed by atoms with E-state index in [1.165, 1.54) is 5.69 Å². The third kappa shape index (κ3) is 4.73. The zero-order chi connectivity index (χ0) is 26.2. The maximum absolute atomic E-state index is 6.07. The number of fused-ring (bicyclic) bond motifs is 2. The Morgan fingerprint density at radius 3 is 2.58 bits per heavy atom. The Balaban J connectivity index is 1.25. The number of hydrogen-bond donors (Lipinski definition) is 3. The van der Waals surface area contributed by atoms with E-state index in [1.54, 1.807) is 0 Å². The normalized spacial score (nSPS) is 20.0. The summed E-state index contributed by atoms with van der Waals surface area (Å²) in [7, 11) is 6.02. The summed E-state index contributed by atoms with van der Waals surface area (Å²) >= 11 is 0. The Kier molecular flexibility index (Phi) is 6.51. The second-order valence-corrected chi connectivity index (χ2v) is 10.5. The molecule has 1 aromatic heterocycles. The molecule has 0 spiro atoms. The maximum Gasteiger partial charge on any atom is 0.141 e. The Hall–Kier alpha value is -3.88. The van der Waals surface area contributed by atoms with Crippen molar-refractivity contribution in [2.24, 2.45) is 4.99 Å². The molecule has 1 saturated heterocycles. The van der Waals surface area contributed by atoms with Gasteiger partial charge in [-0.3, -0.25) is 4.99 Å². The second-order valence-electron chi connectivity index (χ2n) is 10.5. The first-order chi connectivity index (χ1) is 18.5. The molecule has 0 bridgehead atoms. The van der Waals surface area contributed by atoms with Crippen molar-refractivity contribution >= 4 is 33.8 Å². The highest BCUT2D eigenvalue weighted by Gasteiger charge is 2.27. The first-order valence-corrected chi connectivity index (χ1v) is 13.2. The predicted molar refractivity (Wildman–Crippen MR) is 157 cm³/mol. The van der Waals surface area contributed by atoms with Crippen molar-refractivity contribution < 1.29 is 4.74 Å². The van der Waals surface area contributed by atoms with Gasteiger partial charge in [-0.05, 0) is 57.4 Å². The lowest BCUT2D eigenvalue weighted by atomic mass is 10.0. The SMILES string of the molecule is CN=C(c1cccc(-c2nc3ccc(N4CC(CN(C)C)OCC4C)cc3[nH]2)c1)C1Nc2ccccc2N1. The molecule has 2 unspecified atom stereocenters. The van der Waals surface area contributed by atoms with Gasteiger partial charge in [-0.2, -0.15) is 0 Å². The molecule has 8 heteroatoms. The number of rotatable bonds is 6. The largest absolute Gasteiger partial charge is 0.373 e. The number of morpholine rings is 1. The summed E-state index contributed by atoms with van der Waals surface area (Å²) in [5.74, 6) is 0.852. The van der Waals surface area contributed by atoms with Crippen molar-refractivity contribution in [3.8, 4) is 11.4 Å². The van der Waals surface area contributed by atoms with Crippen LogP contribution in [0.15, 0.2) is 71.7 Å². The summed E-state index contributed by atoms with van der Waals surface area (Å²) in [5.41, 5.74) is 8.40. The number of nitrogens with one attached hydrogen (secondary N) is 3. The average molecular weight is 510 g/mol. The minimum atomic E-state index is -0.0854. The van der Waals surface area contributed by atoms with Gasteiger partial charge in [0.05, 0.1) is 40.8 Å². The molecule has 0 saturated carbocycles. The summed E-state index contributed by atoms with van der Waals surface area (Å²) in [6.07, 6.45) is 0.112. The fraction of sp³-hybridized carbons (Fsp3) is 0.333. The van der Waals surface area contributed by atoms with Gasteiger partial charge in [0.2, 0.25) is 0 Å². The van der Waals surface area contributed by atoms with Crippen LogP contribution in [0, 0.1) is 0 Å². The number of para-hydroxylation sites is 2. The third-order valence-corrected chi connectivity index (χ3v) is 7.34. The summed E-state index contributed by atoms with van der Waals surface area (Å²) in [6.45, 7) is 4.74. The van der Waals surface area contributed by atoms with Crippen molar-refractivity contribution in [3.05, 3.63) is 72.3 Å². The number of imidazole rings is 1. The van der Waals surface area contributed by atoms with Gasteiger partial charge in [-0.25, -0.2) is 4.98 Å². The van der Waals surface area contributed by atoms with E-state index in [-0.39, 0.29) is 12.3 Å². The maximum atomic E-state index is 6.07. The molecule has 2 aliphatic heterocycles. The average Bonchev–Trinajstić information content (AvgIpc) is 3.54. The molecule has 0 amide bonds. The third-order valence-electron chi connectivity index (χ3n) is 7.34. The molecular formula is C30H35N7O. The fourth-order valence-corrected chi connectivity index (χ4v) is 5.48. The van der Waals surface area contributed by atoms with Crippen molar-refractivity contribution in [2.75, 3.05) is 56.4 Å². The number of H-pyrrole nitrogens is 1. The van der Waals surface area contributed by atoms with Crippen LogP contribution in [-0.2, 0) is 4.74 Å². The number of aliphatic imine (C=N–C) groups is 1. The van der Waals surface area contributed by atoms with E-state index in [9.17, 15) is 0 Å². The van der Waals surface area contributed by atoms with Crippen LogP contribution in [0.3, 0.4) is 0 Å². The fourth-order valence-electron chi connectivity index (χ4n) is 5.48. The number of aromatic amines is 1. The van der Waals surface area contributed by atoms with Crippen LogP contribution in [-0.4, -0.2) is 79.7 Å². The molecular weight excluding hydrogens is 474 g/mol. The Morgan fingerprint density at radius 1 is 1.05 bits per heavy atom. The van der Waals surface area contributed by atoms with E-state index in [0.29, 0.717) is 6.04 Å². The van der Waals surface area contributed by atoms with Gasteiger partial charge in [-0.1, -0.05) is 30.3 Å². The van der Waals surface area contributed by atoms with Crippen molar-refractivity contribution in [2.45, 2.75) is 25.2 Å². The second kappa shape index (κ2) is 10.1. The minimum Gasteiger partial charge on any atom is -0.373 e. The van der Waals surface area contributed by atoms with Gasteiger partial charge < -0.3 is 30.2 Å². The van der Waals surface area contributed by atoms with Crippen molar-refractivity contribution in [1.29, 1.82) is 0 Å². The van der Waals surface area contributed by atoms with Crippen LogP contribution in [0.1, 0.15) is 12.5 Å². The molecule has 4 aromatic rings. The standard InChI is InChI=1S/C30H35N7O/c1-19-18-38-23(16-36(3)4)17-37(19)22-12-13-26-27(15-22)35-29(32-26)21-9-7-8-20(14-21)28(31-2)30-33-24-10-5-6-11-25(24)34-30/h5-15,19,23,30,33-34H,16-18H2,1-4H3,(H,32,35). The highest BCUT2D eigenvalue weighted by Crippen LogP contribution is 2.31. The summed E-state index contributed by atoms with van der Waals surface area (Å²) in [6, 6.07) is 23.5. The summed E-state index contributed by atoms with van der Waals surface area (Å²) < 4.78 is 6.07. The number of likely N-dealkylation sites (N-methyl/N-ethyl adjacent to an activating group) is 1. The minimum absolute atomic E-state index is 0.0854. The molecule has 3 aromatic carbocycles. The van der Waals surface area contributed by atoms with E-state index in [0.717, 1.165) is 64.8 Å². The smallest absolute Gasteiger partial charge is 0.141 e. The number of hydrogen-bond acceptors (Lipinski definition) is 7. The van der Waals surface area contributed by atoms with Gasteiger partial charge in [-0.15, -0.1) is 0 Å². The molecule has 196 valence electrons. The van der Waals surface area contributed by atoms with Crippen LogP contribution in [0.2, 0.25) is 0 Å². The molecule has 3 N–H and O–H groups in total. The van der Waals surface area contributed by atoms with Crippen LogP contribution < -0.4 is 15.5 Å². The first kappa shape index (κ1) is 24.5. The summed E-state index contributed by atoms with van der Waals surface area (Å²) in [4.78, 5) is 17.8. The number of aromatic nitrogens is 2. The number of nitrogens with zero attached hydrogens (tertiary/aromatic N) is 4. The van der Waals surface area contributed by atoms with Gasteiger partial charge in [0, 0.05) is 43.0 Å². The van der Waals surface area contributed by atoms with Gasteiger partial charge >= 0.3 is 0 Å². The first-order valence-electron chi connectivity index (χ1n) is 13.2. The van der Waals surface area contributed by atoms with E-state index in [4.69, 9.17) is 9.72 Å². The number of ether oxygens (including phenoxy) is 1. The molecule has 38 heavy (non-hydrogen) atoms. The zero-order valence-corrected chi connectivity index (χ0v) is 22.4. The highest BCUT2D eigenvalue weighted by atomic mass is 16.5. The number of benzene rings is 3. The van der Waals surface area contributed by atoms with E-state index >= 15 is 0 Å². The topological polar surface area (TPSA) is 80.8 Å². The van der Waals surface area contributed by atoms with E-state index in [1.807, 2.05) is 19.2 Å². The van der Waals surface area contributed by atoms with Crippen LogP contribution in [0.4, 0.5) is 17.1 Å². The molecule has 0 aliphatic carbocycles. The van der Waals surface area contributed by atoms with Crippen LogP contribution >= 0.6 is 0 Å². The Bertz CT molecular complexity index is 1450. The monoisotopic (exact) mass is 509 g/mol. The highest BCUT2D eigenvalue weighted by molar-refractivity contribution is 6.09. The van der Waals surface area contributed by atoms with Crippen molar-refractivity contribution in [1.82, 2.24) is 14.9 Å². The zero-order valence-electron chi connectivity index (χ0n) is 22.4. The summed E-state index contributed by atoms with van der Waals surface area (Å²) in [5, 5.41) is 7.07. The molecule has 6 rings (SSSR count). The lowest BCUT2D eigenvalue weighted by Crippen LogP contribution is -2.51. The van der Waals surface area contributed by atoms with E-state index in [2.05, 4.69) is 106 Å². The number of anilines is 3. The molecule has 2 aliphatic rings. The predicted octanol–water partition coefficient (Wildman–Crippen LogP) is 4.67. The molecule has 0 radical (unpaired) electrons. The van der Waals surface area contributed by atoms with Crippen molar-refractivity contribution in [3.63, 3.8) is 0 Å². The van der Waals surface area contributed by atoms with E-state index < -0.39 is 0 Å². The lowest BCUT2D eigenvalue weighted by molar-refractivity contribution is 0.00880. The Labute approximate surface area is 223 Å². The quantitative estimate of drug-likeness (QED) is 0.328. The molecule has 2 atom stereocenters.